The lowest BCUT2D eigenvalue weighted by Crippen LogP contribution is -2.46. The van der Waals surface area contributed by atoms with E-state index >= 15 is 0 Å². The summed E-state index contributed by atoms with van der Waals surface area (Å²) < 4.78 is 0. The fourth-order valence-corrected chi connectivity index (χ4v) is 1.36. The third-order valence-corrected chi connectivity index (χ3v) is 2.75. The second-order valence-corrected chi connectivity index (χ2v) is 4.38. The number of nitrogens with zero attached hydrogens (tertiary/aromatic N) is 1. The minimum atomic E-state index is -0.659. The Bertz CT molecular complexity index is 236. The van der Waals surface area contributed by atoms with Crippen molar-refractivity contribution in [3.8, 4) is 6.07 Å². The summed E-state index contributed by atoms with van der Waals surface area (Å²) in [5.41, 5.74) is -0.659. The molecule has 0 aliphatic heterocycles. The van der Waals surface area contributed by atoms with Crippen molar-refractivity contribution in [3.05, 3.63) is 0 Å². The Balaban J connectivity index is 4.19. The van der Waals surface area contributed by atoms with E-state index in [0.717, 1.165) is 6.42 Å². The maximum Gasteiger partial charge on any atom is 0.221 e. The summed E-state index contributed by atoms with van der Waals surface area (Å²) in [6.45, 7) is 8.03. The van der Waals surface area contributed by atoms with E-state index < -0.39 is 5.54 Å². The molecular weight excluding hydrogens is 188 g/mol. The van der Waals surface area contributed by atoms with Crippen molar-refractivity contribution in [2.75, 3.05) is 0 Å². The van der Waals surface area contributed by atoms with Crippen LogP contribution < -0.4 is 5.32 Å². The minimum Gasteiger partial charge on any atom is -0.338 e. The van der Waals surface area contributed by atoms with Gasteiger partial charge in [-0.15, -0.1) is 0 Å². The Morgan fingerprint density at radius 1 is 1.40 bits per heavy atom. The number of amides is 1. The molecular formula is C12H22N2O. The molecule has 0 saturated carbocycles. The molecule has 0 aromatic rings. The van der Waals surface area contributed by atoms with E-state index in [2.05, 4.69) is 25.2 Å². The van der Waals surface area contributed by atoms with Crippen LogP contribution in [0.4, 0.5) is 0 Å². The summed E-state index contributed by atoms with van der Waals surface area (Å²) >= 11 is 0. The average Bonchev–Trinajstić information content (AvgIpc) is 2.23. The lowest BCUT2D eigenvalue weighted by Gasteiger charge is -2.25. The smallest absolute Gasteiger partial charge is 0.221 e. The maximum atomic E-state index is 11.6. The molecule has 3 nitrogen and oxygen atoms in total. The van der Waals surface area contributed by atoms with Crippen LogP contribution >= 0.6 is 0 Å². The summed E-state index contributed by atoms with van der Waals surface area (Å²) in [7, 11) is 0. The van der Waals surface area contributed by atoms with Gasteiger partial charge < -0.3 is 5.32 Å². The number of nitriles is 1. The van der Waals surface area contributed by atoms with Crippen molar-refractivity contribution in [3.63, 3.8) is 0 Å². The van der Waals surface area contributed by atoms with Crippen LogP contribution in [0.1, 0.15) is 53.4 Å². The number of hydrogen-bond donors (Lipinski definition) is 1. The van der Waals surface area contributed by atoms with Gasteiger partial charge in [-0.25, -0.2) is 0 Å². The van der Waals surface area contributed by atoms with Crippen LogP contribution in [0.15, 0.2) is 0 Å². The fraction of sp³-hybridized carbons (Fsp3) is 0.833. The molecule has 0 saturated heterocycles. The van der Waals surface area contributed by atoms with E-state index in [1.54, 1.807) is 0 Å². The zero-order valence-corrected chi connectivity index (χ0v) is 10.3. The number of carbonyl (C=O) groups is 1. The molecule has 0 unspecified atom stereocenters. The molecule has 0 spiro atoms. The lowest BCUT2D eigenvalue weighted by molar-refractivity contribution is -0.122. The third-order valence-electron chi connectivity index (χ3n) is 2.75. The van der Waals surface area contributed by atoms with Gasteiger partial charge in [0.05, 0.1) is 6.07 Å². The van der Waals surface area contributed by atoms with E-state index in [9.17, 15) is 4.79 Å². The van der Waals surface area contributed by atoms with E-state index in [-0.39, 0.29) is 5.91 Å². The highest BCUT2D eigenvalue weighted by Crippen LogP contribution is 2.14. The number of nitrogens with one attached hydrogen (secondary N) is 1. The molecule has 0 aliphatic rings. The molecule has 1 N–H and O–H groups in total. The van der Waals surface area contributed by atoms with Crippen LogP contribution in [0.5, 0.6) is 0 Å². The first-order valence-electron chi connectivity index (χ1n) is 5.72. The van der Waals surface area contributed by atoms with Gasteiger partial charge in [0, 0.05) is 6.42 Å². The van der Waals surface area contributed by atoms with Gasteiger partial charge in [-0.05, 0) is 25.2 Å². The van der Waals surface area contributed by atoms with Crippen LogP contribution in [-0.2, 0) is 4.79 Å². The summed E-state index contributed by atoms with van der Waals surface area (Å²) in [5, 5.41) is 11.9. The summed E-state index contributed by atoms with van der Waals surface area (Å²) in [5.74, 6) is 0.518. The molecule has 0 radical (unpaired) electrons. The van der Waals surface area contributed by atoms with Gasteiger partial charge in [-0.3, -0.25) is 4.79 Å². The molecule has 0 fully saturated rings. The van der Waals surface area contributed by atoms with Crippen molar-refractivity contribution in [2.24, 2.45) is 5.92 Å². The van der Waals surface area contributed by atoms with Gasteiger partial charge in [0.15, 0.2) is 0 Å². The number of rotatable bonds is 6. The van der Waals surface area contributed by atoms with E-state index in [1.165, 1.54) is 0 Å². The standard InChI is InChI=1S/C12H22N2O/c1-5-12(6-2,9-13)14-11(15)8-7-10(3)4/h10H,5-8H2,1-4H3,(H,14,15). The molecule has 0 aliphatic carbocycles. The quantitative estimate of drug-likeness (QED) is 0.732. The van der Waals surface area contributed by atoms with Crippen LogP contribution in [0.25, 0.3) is 0 Å². The van der Waals surface area contributed by atoms with Crippen LogP contribution in [0.3, 0.4) is 0 Å². The second-order valence-electron chi connectivity index (χ2n) is 4.38. The molecule has 15 heavy (non-hydrogen) atoms. The predicted molar refractivity (Wildman–Crippen MR) is 61.1 cm³/mol. The monoisotopic (exact) mass is 210 g/mol. The molecule has 1 amide bonds. The van der Waals surface area contributed by atoms with Crippen molar-refractivity contribution in [1.82, 2.24) is 5.32 Å². The van der Waals surface area contributed by atoms with Gasteiger partial charge in [0.1, 0.15) is 5.54 Å². The Hall–Kier alpha value is -1.04. The number of carbonyl (C=O) groups excluding carboxylic acids is 1. The molecule has 0 aromatic heterocycles. The Morgan fingerprint density at radius 2 is 1.93 bits per heavy atom. The van der Waals surface area contributed by atoms with Gasteiger partial charge >= 0.3 is 0 Å². The normalized spacial score (nSPS) is 11.2. The highest BCUT2D eigenvalue weighted by Gasteiger charge is 2.27. The molecule has 86 valence electrons. The fourth-order valence-electron chi connectivity index (χ4n) is 1.36. The first-order chi connectivity index (χ1) is 6.99. The number of hydrogen-bond acceptors (Lipinski definition) is 2. The first-order valence-corrected chi connectivity index (χ1v) is 5.72. The Kier molecular flexibility index (Phi) is 6.00. The van der Waals surface area contributed by atoms with Crippen LogP contribution in [0.2, 0.25) is 0 Å². The lowest BCUT2D eigenvalue weighted by atomic mass is 9.94. The largest absolute Gasteiger partial charge is 0.338 e. The van der Waals surface area contributed by atoms with Crippen LogP contribution in [0, 0.1) is 17.2 Å². The van der Waals surface area contributed by atoms with E-state index in [0.29, 0.717) is 25.2 Å². The molecule has 3 heteroatoms. The maximum absolute atomic E-state index is 11.6. The van der Waals surface area contributed by atoms with Crippen molar-refractivity contribution in [1.29, 1.82) is 5.26 Å². The highest BCUT2D eigenvalue weighted by molar-refractivity contribution is 5.77. The van der Waals surface area contributed by atoms with E-state index in [4.69, 9.17) is 5.26 Å². The summed E-state index contributed by atoms with van der Waals surface area (Å²) in [4.78, 5) is 11.6. The second kappa shape index (κ2) is 6.44. The molecule has 0 rings (SSSR count). The average molecular weight is 210 g/mol. The van der Waals surface area contributed by atoms with Gasteiger partial charge in [-0.2, -0.15) is 5.26 Å². The highest BCUT2D eigenvalue weighted by atomic mass is 16.1. The Morgan fingerprint density at radius 3 is 2.27 bits per heavy atom. The topological polar surface area (TPSA) is 52.9 Å². The summed E-state index contributed by atoms with van der Waals surface area (Å²) in [6, 6.07) is 2.20. The summed E-state index contributed by atoms with van der Waals surface area (Å²) in [6.07, 6.45) is 2.71. The minimum absolute atomic E-state index is 0.00560. The van der Waals surface area contributed by atoms with Gasteiger partial charge in [0.2, 0.25) is 5.91 Å². The third kappa shape index (κ3) is 4.83. The molecule has 0 heterocycles. The SMILES string of the molecule is CCC(C#N)(CC)NC(=O)CCC(C)C. The predicted octanol–water partition coefficient (Wildman–Crippen LogP) is 2.62. The Labute approximate surface area is 92.9 Å². The zero-order chi connectivity index (χ0) is 11.9. The van der Waals surface area contributed by atoms with Crippen molar-refractivity contribution >= 4 is 5.91 Å². The van der Waals surface area contributed by atoms with E-state index in [1.807, 2.05) is 13.8 Å². The molecule has 0 aromatic carbocycles. The van der Waals surface area contributed by atoms with Crippen molar-refractivity contribution in [2.45, 2.75) is 58.9 Å². The zero-order valence-electron chi connectivity index (χ0n) is 10.3. The molecule has 0 bridgehead atoms. The molecule has 0 atom stereocenters. The van der Waals surface area contributed by atoms with Gasteiger partial charge in [0.25, 0.3) is 0 Å². The van der Waals surface area contributed by atoms with Crippen LogP contribution in [-0.4, -0.2) is 11.4 Å². The first kappa shape index (κ1) is 14.0. The van der Waals surface area contributed by atoms with Crippen molar-refractivity contribution < 1.29 is 4.79 Å². The van der Waals surface area contributed by atoms with Gasteiger partial charge in [-0.1, -0.05) is 27.7 Å².